The summed E-state index contributed by atoms with van der Waals surface area (Å²) < 4.78 is 10.5. The van der Waals surface area contributed by atoms with Gasteiger partial charge in [-0.05, 0) is 60.9 Å². The summed E-state index contributed by atoms with van der Waals surface area (Å²) in [7, 11) is 3.18. The Morgan fingerprint density at radius 3 is 2.29 bits per heavy atom. The minimum absolute atomic E-state index is 0.178. The van der Waals surface area contributed by atoms with Crippen molar-refractivity contribution in [3.63, 3.8) is 0 Å². The Hall–Kier alpha value is -2.95. The third-order valence-corrected chi connectivity index (χ3v) is 4.96. The van der Waals surface area contributed by atoms with Gasteiger partial charge in [-0.3, -0.25) is 4.79 Å². The van der Waals surface area contributed by atoms with Crippen LogP contribution in [0.2, 0.25) is 0 Å². The number of carbonyl (C=O) groups is 1. The third-order valence-electron chi connectivity index (χ3n) is 4.96. The van der Waals surface area contributed by atoms with Crippen LogP contribution in [0.25, 0.3) is 6.08 Å². The van der Waals surface area contributed by atoms with Gasteiger partial charge < -0.3 is 20.1 Å². The van der Waals surface area contributed by atoms with Gasteiger partial charge in [-0.2, -0.15) is 0 Å². The van der Waals surface area contributed by atoms with Gasteiger partial charge in [-0.25, -0.2) is 0 Å². The fraction of sp³-hybridized carbons (Fsp3) is 0.348. The summed E-state index contributed by atoms with van der Waals surface area (Å²) in [6.45, 7) is 0. The van der Waals surface area contributed by atoms with Crippen LogP contribution >= 0.6 is 0 Å². The average molecular weight is 380 g/mol. The molecule has 0 unspecified atom stereocenters. The second-order valence-electron chi connectivity index (χ2n) is 6.99. The number of amides is 1. The van der Waals surface area contributed by atoms with Crippen molar-refractivity contribution in [2.24, 2.45) is 0 Å². The van der Waals surface area contributed by atoms with Crippen LogP contribution in [0.4, 0.5) is 11.4 Å². The van der Waals surface area contributed by atoms with Crippen molar-refractivity contribution < 1.29 is 14.3 Å². The number of rotatable bonds is 7. The summed E-state index contributed by atoms with van der Waals surface area (Å²) in [5.74, 6) is 1.11. The van der Waals surface area contributed by atoms with Crippen LogP contribution in [0.15, 0.2) is 48.5 Å². The molecule has 1 aliphatic rings. The quantitative estimate of drug-likeness (QED) is 0.656. The molecule has 3 rings (SSSR count). The first-order valence-electron chi connectivity index (χ1n) is 9.75. The van der Waals surface area contributed by atoms with Crippen molar-refractivity contribution >= 4 is 23.4 Å². The number of methoxy groups -OCH3 is 2. The lowest BCUT2D eigenvalue weighted by molar-refractivity contribution is -0.111. The molecule has 1 amide bonds. The number of hydrogen-bond donors (Lipinski definition) is 2. The molecule has 28 heavy (non-hydrogen) atoms. The van der Waals surface area contributed by atoms with Crippen LogP contribution in [0.3, 0.4) is 0 Å². The van der Waals surface area contributed by atoms with E-state index in [0.717, 1.165) is 16.9 Å². The Morgan fingerprint density at radius 1 is 0.929 bits per heavy atom. The Balaban J connectivity index is 1.54. The monoisotopic (exact) mass is 380 g/mol. The number of benzene rings is 2. The van der Waals surface area contributed by atoms with Gasteiger partial charge >= 0.3 is 0 Å². The second kappa shape index (κ2) is 9.83. The highest BCUT2D eigenvalue weighted by Crippen LogP contribution is 2.28. The predicted octanol–water partition coefficient (Wildman–Crippen LogP) is 5.10. The topological polar surface area (TPSA) is 59.6 Å². The number of carbonyl (C=O) groups excluding carboxylic acids is 1. The molecule has 2 aromatic rings. The fourth-order valence-electron chi connectivity index (χ4n) is 3.44. The lowest BCUT2D eigenvalue weighted by atomic mass is 9.95. The Kier molecular flexibility index (Phi) is 6.95. The van der Waals surface area contributed by atoms with E-state index in [-0.39, 0.29) is 5.91 Å². The first-order chi connectivity index (χ1) is 13.7. The molecule has 0 bridgehead atoms. The maximum Gasteiger partial charge on any atom is 0.248 e. The zero-order valence-electron chi connectivity index (χ0n) is 16.5. The van der Waals surface area contributed by atoms with E-state index in [1.54, 1.807) is 20.3 Å². The van der Waals surface area contributed by atoms with Gasteiger partial charge in [-0.15, -0.1) is 0 Å². The first-order valence-corrected chi connectivity index (χ1v) is 9.75. The fourth-order valence-corrected chi connectivity index (χ4v) is 3.44. The number of nitrogens with one attached hydrogen (secondary N) is 2. The highest BCUT2D eigenvalue weighted by Gasteiger charge is 2.12. The molecule has 1 aliphatic carbocycles. The maximum atomic E-state index is 12.2. The third kappa shape index (κ3) is 5.52. The van der Waals surface area contributed by atoms with Crippen LogP contribution in [0.1, 0.15) is 37.7 Å². The molecule has 5 nitrogen and oxygen atoms in total. The molecule has 148 valence electrons. The van der Waals surface area contributed by atoms with Crippen molar-refractivity contribution in [1.82, 2.24) is 0 Å². The van der Waals surface area contributed by atoms with Crippen molar-refractivity contribution in [3.05, 3.63) is 54.1 Å². The standard InChI is InChI=1S/C23H28N2O3/c1-27-21-14-8-17(16-22(21)28-2)9-15-23(26)25-20-12-10-19(11-13-20)24-18-6-4-3-5-7-18/h8-16,18,24H,3-7H2,1-2H3,(H,25,26)/b15-9+. The van der Waals surface area contributed by atoms with Crippen LogP contribution in [-0.2, 0) is 4.79 Å². The van der Waals surface area contributed by atoms with E-state index in [9.17, 15) is 4.79 Å². The Bertz CT molecular complexity index is 809. The predicted molar refractivity (Wildman–Crippen MR) is 114 cm³/mol. The Labute approximate surface area is 166 Å². The minimum Gasteiger partial charge on any atom is -0.493 e. The van der Waals surface area contributed by atoms with Gasteiger partial charge in [0, 0.05) is 23.5 Å². The highest BCUT2D eigenvalue weighted by molar-refractivity contribution is 6.02. The van der Waals surface area contributed by atoms with Crippen molar-refractivity contribution in [2.45, 2.75) is 38.1 Å². The van der Waals surface area contributed by atoms with Crippen molar-refractivity contribution in [1.29, 1.82) is 0 Å². The molecule has 0 spiro atoms. The number of anilines is 2. The molecule has 5 heteroatoms. The highest BCUT2D eigenvalue weighted by atomic mass is 16.5. The molecule has 2 aromatic carbocycles. The largest absolute Gasteiger partial charge is 0.493 e. The molecule has 1 saturated carbocycles. The summed E-state index contributed by atoms with van der Waals surface area (Å²) in [5, 5.41) is 6.46. The minimum atomic E-state index is -0.178. The average Bonchev–Trinajstić information content (AvgIpc) is 2.74. The molecule has 0 radical (unpaired) electrons. The summed E-state index contributed by atoms with van der Waals surface area (Å²) in [4.78, 5) is 12.2. The molecule has 0 aromatic heterocycles. The van der Waals surface area contributed by atoms with Crippen LogP contribution in [-0.4, -0.2) is 26.2 Å². The van der Waals surface area contributed by atoms with E-state index in [0.29, 0.717) is 17.5 Å². The molecule has 1 fully saturated rings. The van der Waals surface area contributed by atoms with Gasteiger partial charge in [0.2, 0.25) is 5.91 Å². The lowest BCUT2D eigenvalue weighted by Crippen LogP contribution is -2.22. The van der Waals surface area contributed by atoms with Gasteiger partial charge in [0.1, 0.15) is 0 Å². The molecule has 0 saturated heterocycles. The molecule has 0 aliphatic heterocycles. The van der Waals surface area contributed by atoms with Gasteiger partial charge in [0.15, 0.2) is 11.5 Å². The van der Waals surface area contributed by atoms with Crippen LogP contribution in [0.5, 0.6) is 11.5 Å². The Morgan fingerprint density at radius 2 is 1.61 bits per heavy atom. The van der Waals surface area contributed by atoms with Crippen LogP contribution in [0, 0.1) is 0 Å². The van der Waals surface area contributed by atoms with E-state index in [4.69, 9.17) is 9.47 Å². The molecular weight excluding hydrogens is 352 g/mol. The summed E-state index contributed by atoms with van der Waals surface area (Å²) in [5.41, 5.74) is 2.74. The first kappa shape index (κ1) is 19.8. The van der Waals surface area contributed by atoms with Crippen molar-refractivity contribution in [3.8, 4) is 11.5 Å². The van der Waals surface area contributed by atoms with Gasteiger partial charge in [-0.1, -0.05) is 25.3 Å². The van der Waals surface area contributed by atoms with Gasteiger partial charge in [0.25, 0.3) is 0 Å². The molecule has 2 N–H and O–H groups in total. The lowest BCUT2D eigenvalue weighted by Gasteiger charge is -2.23. The smallest absolute Gasteiger partial charge is 0.248 e. The molecule has 0 atom stereocenters. The van der Waals surface area contributed by atoms with E-state index in [2.05, 4.69) is 10.6 Å². The number of ether oxygens (including phenoxy) is 2. The molecule has 0 heterocycles. The van der Waals surface area contributed by atoms with Crippen LogP contribution < -0.4 is 20.1 Å². The summed E-state index contributed by atoms with van der Waals surface area (Å²) in [6.07, 6.45) is 9.68. The van der Waals surface area contributed by atoms with E-state index < -0.39 is 0 Å². The maximum absolute atomic E-state index is 12.2. The van der Waals surface area contributed by atoms with Gasteiger partial charge in [0.05, 0.1) is 14.2 Å². The summed E-state index contributed by atoms with van der Waals surface area (Å²) in [6, 6.07) is 14.0. The molecular formula is C23H28N2O3. The second-order valence-corrected chi connectivity index (χ2v) is 6.99. The normalized spacial score (nSPS) is 14.6. The number of hydrogen-bond acceptors (Lipinski definition) is 4. The SMILES string of the molecule is COc1ccc(/C=C/C(=O)Nc2ccc(NC3CCCCC3)cc2)cc1OC. The van der Waals surface area contributed by atoms with E-state index >= 15 is 0 Å². The van der Waals surface area contributed by atoms with E-state index in [1.165, 1.54) is 38.2 Å². The zero-order chi connectivity index (χ0) is 19.8. The van der Waals surface area contributed by atoms with Crippen molar-refractivity contribution in [2.75, 3.05) is 24.9 Å². The zero-order valence-corrected chi connectivity index (χ0v) is 16.5. The van der Waals surface area contributed by atoms with E-state index in [1.807, 2.05) is 42.5 Å². The summed E-state index contributed by atoms with van der Waals surface area (Å²) >= 11 is 0.